The van der Waals surface area contributed by atoms with Gasteiger partial charge < -0.3 is 9.72 Å². The molecule has 1 atom stereocenters. The maximum atomic E-state index is 11.7. The molecule has 1 saturated heterocycles. The molecule has 1 aromatic heterocycles. The fourth-order valence-corrected chi connectivity index (χ4v) is 3.26. The maximum absolute atomic E-state index is 11.7. The normalized spacial score (nSPS) is 18.3. The summed E-state index contributed by atoms with van der Waals surface area (Å²) < 4.78 is 5.48. The summed E-state index contributed by atoms with van der Waals surface area (Å²) in [6, 6.07) is 9.79. The SMILES string of the molecule is CCc1cc(=O)[nH]c(CN2CC[C@H](c3ccccc3OC)C2)n1. The number of aryl methyl sites for hydroxylation is 1. The average Bonchev–Trinajstić information content (AvgIpc) is 3.02. The van der Waals surface area contributed by atoms with Crippen LogP contribution in [0.4, 0.5) is 0 Å². The molecular formula is C18H23N3O2. The molecule has 0 amide bonds. The molecule has 0 unspecified atom stereocenters. The summed E-state index contributed by atoms with van der Waals surface area (Å²) in [4.78, 5) is 21.4. The van der Waals surface area contributed by atoms with Crippen molar-refractivity contribution in [1.29, 1.82) is 0 Å². The van der Waals surface area contributed by atoms with Crippen LogP contribution in [0.5, 0.6) is 5.75 Å². The molecule has 1 aliphatic heterocycles. The van der Waals surface area contributed by atoms with Gasteiger partial charge in [0.05, 0.1) is 13.7 Å². The molecular weight excluding hydrogens is 290 g/mol. The van der Waals surface area contributed by atoms with E-state index in [2.05, 4.69) is 27.0 Å². The molecule has 3 rings (SSSR count). The lowest BCUT2D eigenvalue weighted by Gasteiger charge is -2.17. The van der Waals surface area contributed by atoms with Crippen LogP contribution in [0.3, 0.4) is 0 Å². The number of benzene rings is 1. The first-order valence-electron chi connectivity index (χ1n) is 8.14. The van der Waals surface area contributed by atoms with Crippen molar-refractivity contribution in [2.24, 2.45) is 0 Å². The molecule has 0 saturated carbocycles. The van der Waals surface area contributed by atoms with Crippen molar-refractivity contribution in [3.8, 4) is 5.75 Å². The summed E-state index contributed by atoms with van der Waals surface area (Å²) in [5.41, 5.74) is 2.05. The number of nitrogens with one attached hydrogen (secondary N) is 1. The van der Waals surface area contributed by atoms with Crippen LogP contribution < -0.4 is 10.3 Å². The van der Waals surface area contributed by atoms with Crippen LogP contribution >= 0.6 is 0 Å². The van der Waals surface area contributed by atoms with Gasteiger partial charge >= 0.3 is 0 Å². The number of aromatic amines is 1. The molecule has 2 aromatic rings. The summed E-state index contributed by atoms with van der Waals surface area (Å²) in [7, 11) is 1.72. The molecule has 1 N–H and O–H groups in total. The lowest BCUT2D eigenvalue weighted by molar-refractivity contribution is 0.316. The van der Waals surface area contributed by atoms with Crippen molar-refractivity contribution >= 4 is 0 Å². The quantitative estimate of drug-likeness (QED) is 0.920. The predicted octanol–water partition coefficient (Wildman–Crippen LogP) is 2.33. The Balaban J connectivity index is 1.71. The average molecular weight is 313 g/mol. The van der Waals surface area contributed by atoms with Crippen LogP contribution in [-0.4, -0.2) is 35.1 Å². The third-order valence-electron chi connectivity index (χ3n) is 4.43. The van der Waals surface area contributed by atoms with Gasteiger partial charge in [-0.1, -0.05) is 25.1 Å². The van der Waals surface area contributed by atoms with Gasteiger partial charge in [0.2, 0.25) is 0 Å². The molecule has 122 valence electrons. The summed E-state index contributed by atoms with van der Waals surface area (Å²) in [6.45, 7) is 4.66. The Kier molecular flexibility index (Phi) is 4.76. The summed E-state index contributed by atoms with van der Waals surface area (Å²) in [5, 5.41) is 0. The zero-order valence-electron chi connectivity index (χ0n) is 13.7. The molecule has 0 bridgehead atoms. The first-order valence-corrected chi connectivity index (χ1v) is 8.14. The van der Waals surface area contributed by atoms with Crippen molar-refractivity contribution in [2.45, 2.75) is 32.2 Å². The summed E-state index contributed by atoms with van der Waals surface area (Å²) >= 11 is 0. The van der Waals surface area contributed by atoms with Crippen LogP contribution in [0.25, 0.3) is 0 Å². The van der Waals surface area contributed by atoms with Crippen molar-refractivity contribution in [3.63, 3.8) is 0 Å². The Morgan fingerprint density at radius 3 is 3.00 bits per heavy atom. The molecule has 1 aliphatic rings. The van der Waals surface area contributed by atoms with Crippen molar-refractivity contribution in [2.75, 3.05) is 20.2 Å². The van der Waals surface area contributed by atoms with E-state index in [0.29, 0.717) is 12.5 Å². The van der Waals surface area contributed by atoms with Gasteiger partial charge in [-0.2, -0.15) is 0 Å². The highest BCUT2D eigenvalue weighted by Gasteiger charge is 2.26. The van der Waals surface area contributed by atoms with E-state index in [1.165, 1.54) is 5.56 Å². The number of H-pyrrole nitrogens is 1. The fourth-order valence-electron chi connectivity index (χ4n) is 3.26. The van der Waals surface area contributed by atoms with Crippen molar-refractivity contribution in [1.82, 2.24) is 14.9 Å². The van der Waals surface area contributed by atoms with E-state index in [4.69, 9.17) is 4.74 Å². The van der Waals surface area contributed by atoms with Gasteiger partial charge in [-0.15, -0.1) is 0 Å². The second-order valence-electron chi connectivity index (χ2n) is 6.00. The van der Waals surface area contributed by atoms with E-state index in [1.807, 2.05) is 19.1 Å². The number of hydrogen-bond acceptors (Lipinski definition) is 4. The maximum Gasteiger partial charge on any atom is 0.251 e. The Morgan fingerprint density at radius 2 is 2.22 bits per heavy atom. The van der Waals surface area contributed by atoms with Crippen molar-refractivity contribution in [3.05, 3.63) is 57.8 Å². The molecule has 2 heterocycles. The van der Waals surface area contributed by atoms with Gasteiger partial charge in [-0.05, 0) is 31.0 Å². The topological polar surface area (TPSA) is 58.2 Å². The Bertz CT molecular complexity index is 726. The minimum Gasteiger partial charge on any atom is -0.496 e. The number of para-hydroxylation sites is 1. The number of nitrogens with zero attached hydrogens (tertiary/aromatic N) is 2. The van der Waals surface area contributed by atoms with E-state index < -0.39 is 0 Å². The van der Waals surface area contributed by atoms with E-state index >= 15 is 0 Å². The molecule has 23 heavy (non-hydrogen) atoms. The van der Waals surface area contributed by atoms with Crippen molar-refractivity contribution < 1.29 is 4.74 Å². The monoisotopic (exact) mass is 313 g/mol. The fraction of sp³-hybridized carbons (Fsp3) is 0.444. The Labute approximate surface area is 136 Å². The second kappa shape index (κ2) is 6.96. The van der Waals surface area contributed by atoms with Crippen LogP contribution in [-0.2, 0) is 13.0 Å². The second-order valence-corrected chi connectivity index (χ2v) is 6.00. The highest BCUT2D eigenvalue weighted by atomic mass is 16.5. The van der Waals surface area contributed by atoms with Gasteiger partial charge in [-0.25, -0.2) is 4.98 Å². The molecule has 0 aliphatic carbocycles. The van der Waals surface area contributed by atoms with Gasteiger partial charge in [0.25, 0.3) is 5.56 Å². The third-order valence-corrected chi connectivity index (χ3v) is 4.43. The van der Waals surface area contributed by atoms with Gasteiger partial charge in [0, 0.05) is 24.2 Å². The molecule has 0 spiro atoms. The summed E-state index contributed by atoms with van der Waals surface area (Å²) in [6.07, 6.45) is 1.87. The Hall–Kier alpha value is -2.14. The molecule has 1 fully saturated rings. The first-order chi connectivity index (χ1) is 11.2. The largest absolute Gasteiger partial charge is 0.496 e. The predicted molar refractivity (Wildman–Crippen MR) is 89.9 cm³/mol. The van der Waals surface area contributed by atoms with Gasteiger partial charge in [0.15, 0.2) is 0 Å². The van der Waals surface area contributed by atoms with Crippen LogP contribution in [0.2, 0.25) is 0 Å². The molecule has 5 nitrogen and oxygen atoms in total. The standard InChI is InChI=1S/C18H23N3O2/c1-3-14-10-18(22)20-17(19-14)12-21-9-8-13(11-21)15-6-4-5-7-16(15)23-2/h4-7,10,13H,3,8-9,11-12H2,1-2H3,(H,19,20,22)/t13-/m0/s1. The number of methoxy groups -OCH3 is 1. The van der Waals surface area contributed by atoms with Crippen LogP contribution in [0.15, 0.2) is 35.1 Å². The zero-order valence-corrected chi connectivity index (χ0v) is 13.7. The molecule has 5 heteroatoms. The number of hydrogen-bond donors (Lipinski definition) is 1. The zero-order chi connectivity index (χ0) is 16.2. The lowest BCUT2D eigenvalue weighted by Crippen LogP contribution is -2.24. The lowest BCUT2D eigenvalue weighted by atomic mass is 9.97. The van der Waals surface area contributed by atoms with E-state index in [0.717, 1.165) is 43.2 Å². The minimum absolute atomic E-state index is 0.0627. The van der Waals surface area contributed by atoms with Crippen LogP contribution in [0, 0.1) is 0 Å². The van der Waals surface area contributed by atoms with Gasteiger partial charge in [-0.3, -0.25) is 9.69 Å². The number of likely N-dealkylation sites (tertiary alicyclic amines) is 1. The number of rotatable bonds is 5. The Morgan fingerprint density at radius 1 is 1.39 bits per heavy atom. The van der Waals surface area contributed by atoms with E-state index in [9.17, 15) is 4.79 Å². The molecule has 0 radical (unpaired) electrons. The first kappa shape index (κ1) is 15.7. The third kappa shape index (κ3) is 3.62. The molecule has 1 aromatic carbocycles. The van der Waals surface area contributed by atoms with Crippen LogP contribution in [0.1, 0.15) is 36.3 Å². The highest BCUT2D eigenvalue weighted by Crippen LogP contribution is 2.33. The number of aromatic nitrogens is 2. The van der Waals surface area contributed by atoms with E-state index in [-0.39, 0.29) is 5.56 Å². The smallest absolute Gasteiger partial charge is 0.251 e. The number of ether oxygens (including phenoxy) is 1. The summed E-state index contributed by atoms with van der Waals surface area (Å²) in [5.74, 6) is 2.18. The van der Waals surface area contributed by atoms with Gasteiger partial charge in [0.1, 0.15) is 11.6 Å². The minimum atomic E-state index is -0.0627. The van der Waals surface area contributed by atoms with E-state index in [1.54, 1.807) is 13.2 Å². The highest BCUT2D eigenvalue weighted by molar-refractivity contribution is 5.37.